The van der Waals surface area contributed by atoms with Crippen LogP contribution in [0.1, 0.15) is 23.2 Å². The lowest BCUT2D eigenvalue weighted by Crippen LogP contribution is -2.20. The van der Waals surface area contributed by atoms with Gasteiger partial charge in [-0.3, -0.25) is 9.67 Å². The fourth-order valence-electron chi connectivity index (χ4n) is 3.84. The molecule has 1 N–H and O–H groups in total. The number of nitrogens with zero attached hydrogens (tertiary/aromatic N) is 7. The van der Waals surface area contributed by atoms with Gasteiger partial charge in [0.2, 0.25) is 0 Å². The minimum absolute atomic E-state index is 0.419. The van der Waals surface area contributed by atoms with Crippen molar-refractivity contribution < 1.29 is 14.6 Å². The molecule has 10 nitrogen and oxygen atoms in total. The number of anilines is 1. The molecule has 0 aliphatic carbocycles. The Bertz CT molecular complexity index is 1270. The highest BCUT2D eigenvalue weighted by atomic mass is 16.5. The standard InChI is InChI=1S/C22H23N7O3/c1-27-13-23-8-15(27)10-28-11-16(9-25-28)29-12-19-17(22(29)30)4-5-18(26-19)14-6-20(31-2)21(32-3)24-7-14/h4-9,11,13,22,30H,10,12H2,1-3H3. The van der Waals surface area contributed by atoms with Crippen LogP contribution in [-0.2, 0) is 20.1 Å². The quantitative estimate of drug-likeness (QED) is 0.493. The maximum atomic E-state index is 10.9. The topological polar surface area (TPSA) is 103 Å². The Morgan fingerprint density at radius 2 is 2.03 bits per heavy atom. The second-order valence-electron chi connectivity index (χ2n) is 7.56. The van der Waals surface area contributed by atoms with E-state index in [1.165, 1.54) is 0 Å². The first-order valence-electron chi connectivity index (χ1n) is 10.1. The first kappa shape index (κ1) is 20.0. The van der Waals surface area contributed by atoms with E-state index in [1.54, 1.807) is 32.9 Å². The number of aliphatic hydroxyl groups excluding tert-OH is 1. The van der Waals surface area contributed by atoms with Crippen LogP contribution in [0.25, 0.3) is 11.3 Å². The Kier molecular flexibility index (Phi) is 4.98. The first-order chi connectivity index (χ1) is 15.6. The Labute approximate surface area is 184 Å². The van der Waals surface area contributed by atoms with E-state index in [9.17, 15) is 5.11 Å². The summed E-state index contributed by atoms with van der Waals surface area (Å²) in [5.74, 6) is 0.955. The molecule has 4 aromatic heterocycles. The lowest BCUT2D eigenvalue weighted by Gasteiger charge is -2.20. The zero-order valence-corrected chi connectivity index (χ0v) is 18.0. The van der Waals surface area contributed by atoms with E-state index < -0.39 is 6.23 Å². The molecule has 0 spiro atoms. The van der Waals surface area contributed by atoms with Crippen LogP contribution in [0.5, 0.6) is 11.6 Å². The van der Waals surface area contributed by atoms with Gasteiger partial charge in [0.25, 0.3) is 5.88 Å². The number of aromatic nitrogens is 6. The summed E-state index contributed by atoms with van der Waals surface area (Å²) in [6.07, 6.45) is 8.16. The minimum atomic E-state index is -0.788. The SMILES string of the molecule is COc1cc(-c2ccc3c(n2)CN(c2cnn(Cc4cncn4C)c2)C3O)cnc1OC. The second kappa shape index (κ2) is 7.97. The third kappa shape index (κ3) is 3.44. The summed E-state index contributed by atoms with van der Waals surface area (Å²) < 4.78 is 14.3. The number of fused-ring (bicyclic) bond motifs is 1. The molecule has 5 heterocycles. The third-order valence-corrected chi connectivity index (χ3v) is 5.62. The fraction of sp³-hybridized carbons (Fsp3) is 0.273. The van der Waals surface area contributed by atoms with Gasteiger partial charge in [0, 0.05) is 30.6 Å². The fourth-order valence-corrected chi connectivity index (χ4v) is 3.84. The van der Waals surface area contributed by atoms with E-state index in [4.69, 9.17) is 14.5 Å². The van der Waals surface area contributed by atoms with Gasteiger partial charge < -0.3 is 24.0 Å². The van der Waals surface area contributed by atoms with Crippen molar-refractivity contribution in [3.05, 3.63) is 66.3 Å². The molecule has 1 aliphatic heterocycles. The van der Waals surface area contributed by atoms with Crippen LogP contribution >= 0.6 is 0 Å². The first-order valence-corrected chi connectivity index (χ1v) is 10.1. The van der Waals surface area contributed by atoms with Crippen LogP contribution in [0, 0.1) is 0 Å². The third-order valence-electron chi connectivity index (χ3n) is 5.62. The molecule has 1 aliphatic rings. The molecule has 0 bridgehead atoms. The van der Waals surface area contributed by atoms with E-state index >= 15 is 0 Å². The molecule has 5 rings (SSSR count). The maximum Gasteiger partial charge on any atom is 0.256 e. The summed E-state index contributed by atoms with van der Waals surface area (Å²) in [6, 6.07) is 5.62. The van der Waals surface area contributed by atoms with Crippen molar-refractivity contribution in [3.8, 4) is 22.9 Å². The van der Waals surface area contributed by atoms with Gasteiger partial charge in [-0.15, -0.1) is 0 Å². The Morgan fingerprint density at radius 3 is 2.78 bits per heavy atom. The van der Waals surface area contributed by atoms with E-state index in [0.717, 1.165) is 33.9 Å². The molecule has 0 saturated heterocycles. The smallest absolute Gasteiger partial charge is 0.256 e. The summed E-state index contributed by atoms with van der Waals surface area (Å²) in [4.78, 5) is 15.1. The van der Waals surface area contributed by atoms with Crippen LogP contribution in [-0.4, -0.2) is 48.6 Å². The summed E-state index contributed by atoms with van der Waals surface area (Å²) >= 11 is 0. The van der Waals surface area contributed by atoms with Crippen molar-refractivity contribution in [1.82, 2.24) is 29.3 Å². The highest BCUT2D eigenvalue weighted by molar-refractivity contribution is 5.63. The van der Waals surface area contributed by atoms with E-state index in [-0.39, 0.29) is 0 Å². The molecule has 0 saturated carbocycles. The van der Waals surface area contributed by atoms with Gasteiger partial charge in [-0.05, 0) is 12.1 Å². The molecule has 0 fully saturated rings. The van der Waals surface area contributed by atoms with Gasteiger partial charge in [0.1, 0.15) is 0 Å². The molecule has 0 radical (unpaired) electrons. The maximum absolute atomic E-state index is 10.9. The lowest BCUT2D eigenvalue weighted by atomic mass is 10.1. The number of pyridine rings is 2. The highest BCUT2D eigenvalue weighted by Gasteiger charge is 2.31. The number of rotatable bonds is 6. The van der Waals surface area contributed by atoms with Crippen LogP contribution in [0.15, 0.2) is 49.3 Å². The number of ether oxygens (including phenoxy) is 2. The van der Waals surface area contributed by atoms with Crippen molar-refractivity contribution in [2.45, 2.75) is 19.3 Å². The zero-order valence-electron chi connectivity index (χ0n) is 18.0. The lowest BCUT2D eigenvalue weighted by molar-refractivity contribution is 0.181. The summed E-state index contributed by atoms with van der Waals surface area (Å²) in [5.41, 5.74) is 5.01. The Hall–Kier alpha value is -3.92. The van der Waals surface area contributed by atoms with Crippen LogP contribution < -0.4 is 14.4 Å². The molecule has 1 atom stereocenters. The summed E-state index contributed by atoms with van der Waals surface area (Å²) in [7, 11) is 5.07. The van der Waals surface area contributed by atoms with Crippen molar-refractivity contribution in [2.24, 2.45) is 7.05 Å². The van der Waals surface area contributed by atoms with Gasteiger partial charge in [-0.2, -0.15) is 5.10 Å². The van der Waals surface area contributed by atoms with Crippen molar-refractivity contribution in [1.29, 1.82) is 0 Å². The Balaban J connectivity index is 1.38. The van der Waals surface area contributed by atoms with E-state index in [1.807, 2.05) is 51.8 Å². The zero-order chi connectivity index (χ0) is 22.2. The van der Waals surface area contributed by atoms with E-state index in [0.29, 0.717) is 24.7 Å². The number of imidazole rings is 1. The van der Waals surface area contributed by atoms with E-state index in [2.05, 4.69) is 15.1 Å². The summed E-state index contributed by atoms with van der Waals surface area (Å²) in [5, 5.41) is 15.3. The van der Waals surface area contributed by atoms with Gasteiger partial charge in [0.05, 0.1) is 68.8 Å². The van der Waals surface area contributed by atoms with Crippen molar-refractivity contribution in [2.75, 3.05) is 19.1 Å². The van der Waals surface area contributed by atoms with Gasteiger partial charge in [-0.25, -0.2) is 9.97 Å². The van der Waals surface area contributed by atoms with Crippen molar-refractivity contribution >= 4 is 5.69 Å². The number of hydrogen-bond donors (Lipinski definition) is 1. The molecule has 32 heavy (non-hydrogen) atoms. The Morgan fingerprint density at radius 1 is 1.16 bits per heavy atom. The molecular weight excluding hydrogens is 410 g/mol. The van der Waals surface area contributed by atoms with Crippen LogP contribution in [0.2, 0.25) is 0 Å². The number of methoxy groups -OCH3 is 2. The van der Waals surface area contributed by atoms with Gasteiger partial charge in [-0.1, -0.05) is 6.07 Å². The molecular formula is C22H23N7O3. The molecule has 164 valence electrons. The molecule has 4 aromatic rings. The average molecular weight is 433 g/mol. The molecule has 0 aromatic carbocycles. The van der Waals surface area contributed by atoms with Crippen molar-refractivity contribution in [3.63, 3.8) is 0 Å². The summed E-state index contributed by atoms with van der Waals surface area (Å²) in [6.45, 7) is 1.07. The molecule has 1 unspecified atom stereocenters. The minimum Gasteiger partial charge on any atom is -0.491 e. The predicted octanol–water partition coefficient (Wildman–Crippen LogP) is 2.15. The predicted molar refractivity (Wildman–Crippen MR) is 116 cm³/mol. The number of hydrogen-bond acceptors (Lipinski definition) is 8. The monoisotopic (exact) mass is 433 g/mol. The number of aliphatic hydroxyl groups is 1. The molecule has 10 heteroatoms. The van der Waals surface area contributed by atoms with Crippen LogP contribution in [0.3, 0.4) is 0 Å². The number of aryl methyl sites for hydroxylation is 1. The van der Waals surface area contributed by atoms with Crippen LogP contribution in [0.4, 0.5) is 5.69 Å². The highest BCUT2D eigenvalue weighted by Crippen LogP contribution is 2.37. The molecule has 0 amide bonds. The second-order valence-corrected chi connectivity index (χ2v) is 7.56. The average Bonchev–Trinajstić information content (AvgIpc) is 3.53. The van der Waals surface area contributed by atoms with Gasteiger partial charge in [0.15, 0.2) is 12.0 Å². The largest absolute Gasteiger partial charge is 0.491 e. The normalized spacial score (nSPS) is 15.1. The van der Waals surface area contributed by atoms with Gasteiger partial charge >= 0.3 is 0 Å².